The molecule has 0 amide bonds. The van der Waals surface area contributed by atoms with Gasteiger partial charge < -0.3 is 9.84 Å². The number of benzene rings is 2. The molecule has 0 radical (unpaired) electrons. The Morgan fingerprint density at radius 1 is 1.12 bits per heavy atom. The second-order valence-electron chi connectivity index (χ2n) is 5.72. The lowest BCUT2D eigenvalue weighted by Crippen LogP contribution is -2.26. The maximum Gasteiger partial charge on any atom is 0.187 e. The highest BCUT2D eigenvalue weighted by Gasteiger charge is 2.35. The molecule has 4 nitrogen and oxygen atoms in total. The minimum atomic E-state index is -3.75. The van der Waals surface area contributed by atoms with Gasteiger partial charge in [0, 0.05) is 6.42 Å². The molecule has 0 aromatic heterocycles. The van der Waals surface area contributed by atoms with Crippen LogP contribution in [0.3, 0.4) is 0 Å². The Morgan fingerprint density at radius 2 is 1.76 bits per heavy atom. The lowest BCUT2D eigenvalue weighted by molar-refractivity contribution is 0.156. The van der Waals surface area contributed by atoms with Gasteiger partial charge in [-0.15, -0.1) is 12.3 Å². The van der Waals surface area contributed by atoms with E-state index in [0.717, 1.165) is 0 Å². The topological polar surface area (TPSA) is 63.6 Å². The quantitative estimate of drug-likeness (QED) is 0.580. The predicted octanol–water partition coefficient (Wildman–Crippen LogP) is 3.37. The summed E-state index contributed by atoms with van der Waals surface area (Å²) in [6.07, 6.45) is 5.57. The van der Waals surface area contributed by atoms with Crippen LogP contribution in [0.1, 0.15) is 30.1 Å². The lowest BCUT2D eigenvalue weighted by Gasteiger charge is -2.24. The van der Waals surface area contributed by atoms with Gasteiger partial charge in [-0.25, -0.2) is 8.42 Å². The highest BCUT2D eigenvalue weighted by molar-refractivity contribution is 7.91. The van der Waals surface area contributed by atoms with E-state index in [-0.39, 0.29) is 4.90 Å². The Labute approximate surface area is 149 Å². The third kappa shape index (κ3) is 4.62. The third-order valence-electron chi connectivity index (χ3n) is 4.02. The highest BCUT2D eigenvalue weighted by Crippen LogP contribution is 2.34. The first-order valence-electron chi connectivity index (χ1n) is 8.05. The fraction of sp³-hybridized carbons (Fsp3) is 0.300. The number of methoxy groups -OCH3 is 1. The van der Waals surface area contributed by atoms with E-state index in [4.69, 9.17) is 11.2 Å². The molecule has 2 atom stereocenters. The molecule has 2 unspecified atom stereocenters. The van der Waals surface area contributed by atoms with Crippen molar-refractivity contribution in [2.24, 2.45) is 0 Å². The van der Waals surface area contributed by atoms with Crippen molar-refractivity contribution in [3.05, 3.63) is 60.2 Å². The number of aliphatic hydroxyl groups is 1. The molecule has 2 aromatic rings. The molecule has 5 heteroatoms. The zero-order valence-electron chi connectivity index (χ0n) is 14.1. The summed E-state index contributed by atoms with van der Waals surface area (Å²) in [6, 6.07) is 14.9. The van der Waals surface area contributed by atoms with E-state index >= 15 is 0 Å². The van der Waals surface area contributed by atoms with Gasteiger partial charge >= 0.3 is 0 Å². The summed E-state index contributed by atoms with van der Waals surface area (Å²) in [5.74, 6) is 3.14. The standard InChI is InChI=1S/C20H22O4S/c1-3-4-6-11-19(21)20(16-12-14-17(24-2)15-13-16)25(22,23)18-9-7-5-8-10-18/h1,5,7-10,12-15,19-21H,4,6,11H2,2H3. The van der Waals surface area contributed by atoms with Crippen molar-refractivity contribution in [3.63, 3.8) is 0 Å². The first-order valence-corrected chi connectivity index (χ1v) is 9.59. The second-order valence-corrected chi connectivity index (χ2v) is 7.78. The molecule has 0 fully saturated rings. The van der Waals surface area contributed by atoms with Crippen molar-refractivity contribution in [2.45, 2.75) is 35.5 Å². The second kappa shape index (κ2) is 8.70. The van der Waals surface area contributed by atoms with Gasteiger partial charge in [-0.2, -0.15) is 0 Å². The van der Waals surface area contributed by atoms with E-state index in [1.807, 2.05) is 0 Å². The van der Waals surface area contributed by atoms with Crippen molar-refractivity contribution < 1.29 is 18.3 Å². The molecule has 2 aromatic carbocycles. The Balaban J connectivity index is 2.42. The van der Waals surface area contributed by atoms with Crippen LogP contribution in [0.2, 0.25) is 0 Å². The monoisotopic (exact) mass is 358 g/mol. The summed E-state index contributed by atoms with van der Waals surface area (Å²) in [5, 5.41) is 9.58. The summed E-state index contributed by atoms with van der Waals surface area (Å²) in [7, 11) is -2.21. The summed E-state index contributed by atoms with van der Waals surface area (Å²) in [6.45, 7) is 0. The Bertz CT molecular complexity index is 805. The molecule has 0 aliphatic carbocycles. The van der Waals surface area contributed by atoms with Crippen LogP contribution in [0.5, 0.6) is 5.75 Å². The zero-order chi connectivity index (χ0) is 18.3. The number of sulfone groups is 1. The number of hydrogen-bond acceptors (Lipinski definition) is 4. The first kappa shape index (κ1) is 19.0. The zero-order valence-corrected chi connectivity index (χ0v) is 14.9. The highest BCUT2D eigenvalue weighted by atomic mass is 32.2. The average molecular weight is 358 g/mol. The van der Waals surface area contributed by atoms with Crippen LogP contribution in [0.4, 0.5) is 0 Å². The van der Waals surface area contributed by atoms with Gasteiger partial charge in [0.05, 0.1) is 18.1 Å². The maximum atomic E-state index is 13.1. The van der Waals surface area contributed by atoms with E-state index in [1.54, 1.807) is 61.7 Å². The van der Waals surface area contributed by atoms with Crippen molar-refractivity contribution >= 4 is 9.84 Å². The average Bonchev–Trinajstić information content (AvgIpc) is 2.63. The SMILES string of the molecule is C#CCCCC(O)C(c1ccc(OC)cc1)S(=O)(=O)c1ccccc1. The number of hydrogen-bond donors (Lipinski definition) is 1. The molecule has 2 rings (SSSR count). The van der Waals surface area contributed by atoms with Crippen LogP contribution in [-0.4, -0.2) is 26.7 Å². The molecule has 0 saturated heterocycles. The molecule has 25 heavy (non-hydrogen) atoms. The van der Waals surface area contributed by atoms with Crippen LogP contribution in [0.15, 0.2) is 59.5 Å². The number of ether oxygens (including phenoxy) is 1. The molecule has 0 bridgehead atoms. The minimum absolute atomic E-state index is 0.187. The van der Waals surface area contributed by atoms with E-state index < -0.39 is 21.2 Å². The molecular weight excluding hydrogens is 336 g/mol. The van der Waals surface area contributed by atoms with Gasteiger partial charge in [0.15, 0.2) is 9.84 Å². The van der Waals surface area contributed by atoms with Crippen LogP contribution >= 0.6 is 0 Å². The summed E-state index contributed by atoms with van der Waals surface area (Å²) < 4.78 is 31.4. The maximum absolute atomic E-state index is 13.1. The number of rotatable bonds is 8. The van der Waals surface area contributed by atoms with Crippen LogP contribution in [0.25, 0.3) is 0 Å². The van der Waals surface area contributed by atoms with Crippen molar-refractivity contribution in [2.75, 3.05) is 7.11 Å². The predicted molar refractivity (Wildman–Crippen MR) is 98.1 cm³/mol. The van der Waals surface area contributed by atoms with Gasteiger partial charge in [0.25, 0.3) is 0 Å². The number of unbranched alkanes of at least 4 members (excludes halogenated alkanes) is 1. The molecule has 0 saturated carbocycles. The first-order chi connectivity index (χ1) is 12.0. The summed E-state index contributed by atoms with van der Waals surface area (Å²) in [5.41, 5.74) is 0.526. The summed E-state index contributed by atoms with van der Waals surface area (Å²) in [4.78, 5) is 0.187. The minimum Gasteiger partial charge on any atom is -0.497 e. The normalized spacial score (nSPS) is 13.6. The molecule has 1 N–H and O–H groups in total. The van der Waals surface area contributed by atoms with Gasteiger partial charge in [0.2, 0.25) is 0 Å². The molecule has 0 heterocycles. The van der Waals surface area contributed by atoms with Crippen LogP contribution < -0.4 is 4.74 Å². The van der Waals surface area contributed by atoms with E-state index in [1.165, 1.54) is 0 Å². The number of terminal acetylenes is 1. The molecular formula is C20H22O4S. The van der Waals surface area contributed by atoms with Crippen LogP contribution in [0, 0.1) is 12.3 Å². The van der Waals surface area contributed by atoms with Crippen LogP contribution in [-0.2, 0) is 9.84 Å². The fourth-order valence-electron chi connectivity index (χ4n) is 2.72. The van der Waals surface area contributed by atoms with Crippen molar-refractivity contribution in [1.29, 1.82) is 0 Å². The Hall–Kier alpha value is -2.29. The molecule has 0 aliphatic heterocycles. The van der Waals surface area contributed by atoms with E-state index in [2.05, 4.69) is 5.92 Å². The van der Waals surface area contributed by atoms with Crippen molar-refractivity contribution in [1.82, 2.24) is 0 Å². The van der Waals surface area contributed by atoms with E-state index in [9.17, 15) is 13.5 Å². The largest absolute Gasteiger partial charge is 0.497 e. The number of aliphatic hydroxyl groups excluding tert-OH is 1. The van der Waals surface area contributed by atoms with E-state index in [0.29, 0.717) is 30.6 Å². The van der Waals surface area contributed by atoms with Crippen molar-refractivity contribution in [3.8, 4) is 18.1 Å². The molecule has 0 aliphatic rings. The fourth-order valence-corrected chi connectivity index (χ4v) is 4.62. The van der Waals surface area contributed by atoms with Gasteiger partial charge in [0.1, 0.15) is 11.0 Å². The van der Waals surface area contributed by atoms with Gasteiger partial charge in [-0.1, -0.05) is 30.3 Å². The molecule has 0 spiro atoms. The lowest BCUT2D eigenvalue weighted by atomic mass is 10.0. The van der Waals surface area contributed by atoms with Gasteiger partial charge in [-0.3, -0.25) is 0 Å². The molecule has 132 valence electrons. The van der Waals surface area contributed by atoms with Gasteiger partial charge in [-0.05, 0) is 42.7 Å². The Kier molecular flexibility index (Phi) is 6.63. The summed E-state index contributed by atoms with van der Waals surface area (Å²) >= 11 is 0. The third-order valence-corrected chi connectivity index (χ3v) is 6.21. The Morgan fingerprint density at radius 3 is 2.32 bits per heavy atom. The smallest absolute Gasteiger partial charge is 0.187 e.